The van der Waals surface area contributed by atoms with E-state index in [1.807, 2.05) is 0 Å². The van der Waals surface area contributed by atoms with Gasteiger partial charge >= 0.3 is 0 Å². The highest BCUT2D eigenvalue weighted by Crippen LogP contribution is 2.21. The van der Waals surface area contributed by atoms with E-state index in [4.69, 9.17) is 9.47 Å². The van der Waals surface area contributed by atoms with Crippen LogP contribution in [-0.4, -0.2) is 62.3 Å². The topological polar surface area (TPSA) is 24.9 Å². The van der Waals surface area contributed by atoms with Crippen molar-refractivity contribution in [3.8, 4) is 11.1 Å². The van der Waals surface area contributed by atoms with Crippen molar-refractivity contribution < 1.29 is 9.47 Å². The standard InChI is InChI=1S/C38H64N2O2/c1-5-9-25-39(26-10-6-2)29-13-15-31-41-33-35-17-21-37(22-18-35)38-23-19-36(20-24-38)34-42-32-16-14-30-40(27-11-7-3)28-12-8-4/h17-24H,5-16,25-34H2,1-4H3. The van der Waals surface area contributed by atoms with E-state index in [0.29, 0.717) is 13.2 Å². The van der Waals surface area contributed by atoms with Crippen LogP contribution in [0.5, 0.6) is 0 Å². The molecule has 2 rings (SSSR count). The molecule has 4 heteroatoms. The summed E-state index contributed by atoms with van der Waals surface area (Å²) in [5.74, 6) is 0. The third-order valence-electron chi connectivity index (χ3n) is 8.12. The van der Waals surface area contributed by atoms with Crippen LogP contribution in [0.25, 0.3) is 11.1 Å². The first-order valence-electron chi connectivity index (χ1n) is 17.5. The van der Waals surface area contributed by atoms with Gasteiger partial charge in [-0.15, -0.1) is 0 Å². The van der Waals surface area contributed by atoms with Crippen molar-refractivity contribution in [2.24, 2.45) is 0 Å². The van der Waals surface area contributed by atoms with E-state index in [2.05, 4.69) is 86.0 Å². The quantitative estimate of drug-likeness (QED) is 0.0982. The monoisotopic (exact) mass is 580 g/mol. The fourth-order valence-corrected chi connectivity index (χ4v) is 5.24. The molecule has 0 spiro atoms. The van der Waals surface area contributed by atoms with Crippen LogP contribution in [0.15, 0.2) is 48.5 Å². The Morgan fingerprint density at radius 1 is 0.405 bits per heavy atom. The van der Waals surface area contributed by atoms with Crippen molar-refractivity contribution in [1.29, 1.82) is 0 Å². The molecule has 0 atom stereocenters. The van der Waals surface area contributed by atoms with Gasteiger partial charge in [0.05, 0.1) is 13.2 Å². The molecule has 2 aromatic carbocycles. The van der Waals surface area contributed by atoms with Crippen LogP contribution in [0.2, 0.25) is 0 Å². The van der Waals surface area contributed by atoms with Gasteiger partial charge in [-0.3, -0.25) is 0 Å². The zero-order chi connectivity index (χ0) is 30.1. The molecule has 4 nitrogen and oxygen atoms in total. The lowest BCUT2D eigenvalue weighted by molar-refractivity contribution is 0.114. The second kappa shape index (κ2) is 24.7. The second-order valence-electron chi connectivity index (χ2n) is 12.0. The molecule has 0 unspecified atom stereocenters. The molecule has 0 saturated heterocycles. The third-order valence-corrected chi connectivity index (χ3v) is 8.12. The Kier molecular flexibility index (Phi) is 21.4. The van der Waals surface area contributed by atoms with Gasteiger partial charge in [-0.1, -0.05) is 102 Å². The molecule has 238 valence electrons. The number of benzene rings is 2. The fourth-order valence-electron chi connectivity index (χ4n) is 5.24. The fraction of sp³-hybridized carbons (Fsp3) is 0.684. The summed E-state index contributed by atoms with van der Waals surface area (Å²) < 4.78 is 12.0. The highest BCUT2D eigenvalue weighted by molar-refractivity contribution is 5.63. The number of ether oxygens (including phenoxy) is 2. The summed E-state index contributed by atoms with van der Waals surface area (Å²) >= 11 is 0. The maximum absolute atomic E-state index is 5.99. The molecule has 42 heavy (non-hydrogen) atoms. The lowest BCUT2D eigenvalue weighted by Crippen LogP contribution is -2.27. The van der Waals surface area contributed by atoms with Crippen LogP contribution in [0.1, 0.15) is 116 Å². The van der Waals surface area contributed by atoms with E-state index in [1.165, 1.54) is 126 Å². The largest absolute Gasteiger partial charge is 0.377 e. The first-order chi connectivity index (χ1) is 20.7. The minimum Gasteiger partial charge on any atom is -0.377 e. The van der Waals surface area contributed by atoms with Crippen LogP contribution >= 0.6 is 0 Å². The van der Waals surface area contributed by atoms with Gasteiger partial charge in [0.1, 0.15) is 0 Å². The normalized spacial score (nSPS) is 11.7. The molecule has 0 amide bonds. The van der Waals surface area contributed by atoms with Crippen molar-refractivity contribution in [3.05, 3.63) is 59.7 Å². The molecule has 0 fully saturated rings. The molecule has 0 aliphatic rings. The highest BCUT2D eigenvalue weighted by atomic mass is 16.5. The van der Waals surface area contributed by atoms with E-state index in [1.54, 1.807) is 0 Å². The molecular weight excluding hydrogens is 516 g/mol. The molecule has 0 bridgehead atoms. The summed E-state index contributed by atoms with van der Waals surface area (Å²) in [7, 11) is 0. The number of unbranched alkanes of at least 4 members (excludes halogenated alkanes) is 6. The van der Waals surface area contributed by atoms with Gasteiger partial charge in [0.2, 0.25) is 0 Å². The first-order valence-corrected chi connectivity index (χ1v) is 17.5. The lowest BCUT2D eigenvalue weighted by Gasteiger charge is -2.21. The van der Waals surface area contributed by atoms with E-state index in [-0.39, 0.29) is 0 Å². The summed E-state index contributed by atoms with van der Waals surface area (Å²) in [5, 5.41) is 0. The SMILES string of the molecule is CCCCN(CCCC)CCCCOCc1ccc(-c2ccc(COCCCCN(CCCC)CCCC)cc2)cc1. The van der Waals surface area contributed by atoms with Crippen molar-refractivity contribution in [3.63, 3.8) is 0 Å². The maximum atomic E-state index is 5.99. The minimum atomic E-state index is 0.696. The Hall–Kier alpha value is -1.72. The van der Waals surface area contributed by atoms with E-state index >= 15 is 0 Å². The van der Waals surface area contributed by atoms with Crippen molar-refractivity contribution in [2.75, 3.05) is 52.5 Å². The van der Waals surface area contributed by atoms with Crippen LogP contribution in [-0.2, 0) is 22.7 Å². The number of hydrogen-bond acceptors (Lipinski definition) is 4. The molecule has 0 heterocycles. The lowest BCUT2D eigenvalue weighted by atomic mass is 10.0. The third kappa shape index (κ3) is 16.8. The molecular formula is C38H64N2O2. The number of hydrogen-bond donors (Lipinski definition) is 0. The van der Waals surface area contributed by atoms with Crippen molar-refractivity contribution in [2.45, 2.75) is 118 Å². The van der Waals surface area contributed by atoms with Gasteiger partial charge in [-0.05, 0) is 113 Å². The van der Waals surface area contributed by atoms with Gasteiger partial charge < -0.3 is 19.3 Å². The average Bonchev–Trinajstić information content (AvgIpc) is 3.03. The van der Waals surface area contributed by atoms with E-state index < -0.39 is 0 Å². The van der Waals surface area contributed by atoms with Crippen LogP contribution in [0.3, 0.4) is 0 Å². The maximum Gasteiger partial charge on any atom is 0.0716 e. The van der Waals surface area contributed by atoms with E-state index in [9.17, 15) is 0 Å². The molecule has 0 aliphatic heterocycles. The number of rotatable bonds is 27. The van der Waals surface area contributed by atoms with Crippen molar-refractivity contribution in [1.82, 2.24) is 9.80 Å². The molecule has 2 aromatic rings. The second-order valence-corrected chi connectivity index (χ2v) is 12.0. The Bertz CT molecular complexity index is 778. The summed E-state index contributed by atoms with van der Waals surface area (Å²) in [6.07, 6.45) is 15.1. The first kappa shape index (κ1) is 36.5. The Morgan fingerprint density at radius 2 is 0.714 bits per heavy atom. The number of nitrogens with zero attached hydrogens (tertiary/aromatic N) is 2. The predicted molar refractivity (Wildman–Crippen MR) is 182 cm³/mol. The van der Waals surface area contributed by atoms with Gasteiger partial charge in [-0.25, -0.2) is 0 Å². The molecule has 0 aliphatic carbocycles. The predicted octanol–water partition coefficient (Wildman–Crippen LogP) is 9.75. The highest BCUT2D eigenvalue weighted by Gasteiger charge is 2.05. The Balaban J connectivity index is 1.61. The smallest absolute Gasteiger partial charge is 0.0716 e. The average molecular weight is 581 g/mol. The van der Waals surface area contributed by atoms with Gasteiger partial charge in [-0.2, -0.15) is 0 Å². The summed E-state index contributed by atoms with van der Waals surface area (Å²) in [5.41, 5.74) is 4.99. The minimum absolute atomic E-state index is 0.696. The molecule has 0 saturated carbocycles. The molecule has 0 radical (unpaired) electrons. The Morgan fingerprint density at radius 3 is 1.02 bits per heavy atom. The molecule has 0 N–H and O–H groups in total. The zero-order valence-electron chi connectivity index (χ0n) is 27.9. The van der Waals surface area contributed by atoms with Crippen LogP contribution in [0, 0.1) is 0 Å². The van der Waals surface area contributed by atoms with E-state index in [0.717, 1.165) is 26.1 Å². The molecule has 0 aromatic heterocycles. The van der Waals surface area contributed by atoms with Crippen molar-refractivity contribution >= 4 is 0 Å². The van der Waals surface area contributed by atoms with Gasteiger partial charge in [0, 0.05) is 13.2 Å². The Labute approximate surface area is 260 Å². The van der Waals surface area contributed by atoms with Crippen LogP contribution in [0.4, 0.5) is 0 Å². The van der Waals surface area contributed by atoms with Crippen LogP contribution < -0.4 is 0 Å². The van der Waals surface area contributed by atoms with Gasteiger partial charge in [0.25, 0.3) is 0 Å². The zero-order valence-corrected chi connectivity index (χ0v) is 27.9. The summed E-state index contributed by atoms with van der Waals surface area (Å²) in [6, 6.07) is 17.7. The summed E-state index contributed by atoms with van der Waals surface area (Å²) in [6.45, 7) is 19.6. The van der Waals surface area contributed by atoms with Gasteiger partial charge in [0.15, 0.2) is 0 Å². The summed E-state index contributed by atoms with van der Waals surface area (Å²) in [4.78, 5) is 5.29.